The number of imidazole rings is 2. The minimum atomic E-state index is 0.714. The molecule has 0 fully saturated rings. The lowest BCUT2D eigenvalue weighted by atomic mass is 10.3. The Labute approximate surface area is 111 Å². The van der Waals surface area contributed by atoms with Crippen LogP contribution in [0.2, 0.25) is 0 Å². The number of para-hydroxylation sites is 2. The van der Waals surface area contributed by atoms with Gasteiger partial charge in [-0.15, -0.1) is 0 Å². The van der Waals surface area contributed by atoms with Crippen molar-refractivity contribution >= 4 is 11.0 Å². The molecule has 0 amide bonds. The maximum Gasteiger partial charge on any atom is 0.122 e. The lowest BCUT2D eigenvalue weighted by Gasteiger charge is -2.05. The number of aryl methyl sites for hydroxylation is 1. The SMILES string of the molecule is CCn1ccnc1CNCc1nc2ccccc2[nH]1. The van der Waals surface area contributed by atoms with Crippen molar-refractivity contribution in [2.45, 2.75) is 26.6 Å². The van der Waals surface area contributed by atoms with E-state index in [4.69, 9.17) is 0 Å². The van der Waals surface area contributed by atoms with Crippen LogP contribution in [-0.4, -0.2) is 19.5 Å². The summed E-state index contributed by atoms with van der Waals surface area (Å²) in [7, 11) is 0. The number of hydrogen-bond donors (Lipinski definition) is 2. The van der Waals surface area contributed by atoms with Gasteiger partial charge in [-0.05, 0) is 19.1 Å². The summed E-state index contributed by atoms with van der Waals surface area (Å²) in [6.07, 6.45) is 3.83. The van der Waals surface area contributed by atoms with Crippen LogP contribution in [0.3, 0.4) is 0 Å². The molecular weight excluding hydrogens is 238 g/mol. The molecule has 3 aromatic rings. The summed E-state index contributed by atoms with van der Waals surface area (Å²) in [4.78, 5) is 12.2. The number of aromatic amines is 1. The summed E-state index contributed by atoms with van der Waals surface area (Å²) in [5, 5.41) is 3.36. The van der Waals surface area contributed by atoms with Crippen molar-refractivity contribution in [2.75, 3.05) is 0 Å². The number of hydrogen-bond acceptors (Lipinski definition) is 3. The van der Waals surface area contributed by atoms with Gasteiger partial charge in [-0.25, -0.2) is 9.97 Å². The molecule has 0 atom stereocenters. The van der Waals surface area contributed by atoms with E-state index in [9.17, 15) is 0 Å². The van der Waals surface area contributed by atoms with Crippen molar-refractivity contribution in [1.82, 2.24) is 24.8 Å². The summed E-state index contributed by atoms with van der Waals surface area (Å²) in [6, 6.07) is 8.06. The predicted octanol–water partition coefficient (Wildman–Crippen LogP) is 2.07. The van der Waals surface area contributed by atoms with Crippen LogP contribution in [0.25, 0.3) is 11.0 Å². The Hall–Kier alpha value is -2.14. The highest BCUT2D eigenvalue weighted by atomic mass is 15.1. The predicted molar refractivity (Wildman–Crippen MR) is 74.5 cm³/mol. The van der Waals surface area contributed by atoms with Gasteiger partial charge in [0.05, 0.1) is 24.1 Å². The Morgan fingerprint density at radius 2 is 2.16 bits per heavy atom. The third-order valence-corrected chi connectivity index (χ3v) is 3.16. The molecule has 0 saturated carbocycles. The molecule has 0 radical (unpaired) electrons. The third-order valence-electron chi connectivity index (χ3n) is 3.16. The molecule has 98 valence electrons. The van der Waals surface area contributed by atoms with Crippen molar-refractivity contribution < 1.29 is 0 Å². The number of rotatable bonds is 5. The molecule has 0 bridgehead atoms. The van der Waals surface area contributed by atoms with E-state index in [0.717, 1.165) is 35.8 Å². The van der Waals surface area contributed by atoms with Gasteiger partial charge in [0.2, 0.25) is 0 Å². The molecule has 5 heteroatoms. The fraction of sp³-hybridized carbons (Fsp3) is 0.286. The van der Waals surface area contributed by atoms with Crippen LogP contribution in [0.1, 0.15) is 18.6 Å². The highest BCUT2D eigenvalue weighted by Crippen LogP contribution is 2.10. The van der Waals surface area contributed by atoms with E-state index in [2.05, 4.69) is 31.8 Å². The topological polar surface area (TPSA) is 58.5 Å². The fourth-order valence-corrected chi connectivity index (χ4v) is 2.18. The number of aromatic nitrogens is 4. The minimum Gasteiger partial charge on any atom is -0.341 e. The summed E-state index contributed by atoms with van der Waals surface area (Å²) in [5.74, 6) is 2.01. The first-order valence-electron chi connectivity index (χ1n) is 6.51. The van der Waals surface area contributed by atoms with Crippen molar-refractivity contribution in [2.24, 2.45) is 0 Å². The third kappa shape index (κ3) is 2.51. The Morgan fingerprint density at radius 3 is 3.00 bits per heavy atom. The van der Waals surface area contributed by atoms with Crippen LogP contribution in [0.5, 0.6) is 0 Å². The van der Waals surface area contributed by atoms with Gasteiger partial charge in [-0.1, -0.05) is 12.1 Å². The lowest BCUT2D eigenvalue weighted by molar-refractivity contribution is 0.603. The van der Waals surface area contributed by atoms with Crippen LogP contribution < -0.4 is 5.32 Å². The summed E-state index contributed by atoms with van der Waals surface area (Å²) in [6.45, 7) is 4.52. The molecule has 1 aromatic carbocycles. The smallest absolute Gasteiger partial charge is 0.122 e. The molecule has 2 aromatic heterocycles. The van der Waals surface area contributed by atoms with Gasteiger partial charge in [-0.2, -0.15) is 0 Å². The van der Waals surface area contributed by atoms with E-state index in [0.29, 0.717) is 6.54 Å². The van der Waals surface area contributed by atoms with Crippen LogP contribution in [0.4, 0.5) is 0 Å². The molecule has 3 rings (SSSR count). The number of nitrogens with zero attached hydrogens (tertiary/aromatic N) is 3. The quantitative estimate of drug-likeness (QED) is 0.733. The molecule has 2 N–H and O–H groups in total. The molecule has 19 heavy (non-hydrogen) atoms. The highest BCUT2D eigenvalue weighted by Gasteiger charge is 2.03. The first-order valence-corrected chi connectivity index (χ1v) is 6.51. The van der Waals surface area contributed by atoms with Crippen molar-refractivity contribution in [3.63, 3.8) is 0 Å². The standard InChI is InChI=1S/C14H17N5/c1-2-19-8-7-16-14(19)10-15-9-13-17-11-5-3-4-6-12(11)18-13/h3-8,15H,2,9-10H2,1H3,(H,17,18). The zero-order valence-corrected chi connectivity index (χ0v) is 10.9. The molecule has 0 aliphatic rings. The van der Waals surface area contributed by atoms with E-state index in [1.807, 2.05) is 36.7 Å². The van der Waals surface area contributed by atoms with Gasteiger partial charge < -0.3 is 14.9 Å². The minimum absolute atomic E-state index is 0.714. The molecule has 0 spiro atoms. The second-order valence-electron chi connectivity index (χ2n) is 4.43. The van der Waals surface area contributed by atoms with Crippen molar-refractivity contribution in [3.05, 3.63) is 48.3 Å². The molecule has 0 aliphatic heterocycles. The maximum absolute atomic E-state index is 4.53. The lowest BCUT2D eigenvalue weighted by Crippen LogP contribution is -2.17. The van der Waals surface area contributed by atoms with E-state index in [-0.39, 0.29) is 0 Å². The van der Waals surface area contributed by atoms with Crippen molar-refractivity contribution in [3.8, 4) is 0 Å². The summed E-state index contributed by atoms with van der Waals surface area (Å²) in [5.41, 5.74) is 2.09. The summed E-state index contributed by atoms with van der Waals surface area (Å²) >= 11 is 0. The second kappa shape index (κ2) is 5.24. The number of nitrogens with one attached hydrogen (secondary N) is 2. The van der Waals surface area contributed by atoms with Gasteiger partial charge in [-0.3, -0.25) is 0 Å². The monoisotopic (exact) mass is 255 g/mol. The van der Waals surface area contributed by atoms with E-state index in [1.165, 1.54) is 0 Å². The number of H-pyrrole nitrogens is 1. The molecule has 5 nitrogen and oxygen atoms in total. The number of fused-ring (bicyclic) bond motifs is 1. The fourth-order valence-electron chi connectivity index (χ4n) is 2.18. The zero-order chi connectivity index (χ0) is 13.1. The van der Waals surface area contributed by atoms with Gasteiger partial charge in [0, 0.05) is 18.9 Å². The zero-order valence-electron chi connectivity index (χ0n) is 10.9. The van der Waals surface area contributed by atoms with E-state index >= 15 is 0 Å². The van der Waals surface area contributed by atoms with Crippen LogP contribution >= 0.6 is 0 Å². The Balaban J connectivity index is 1.63. The van der Waals surface area contributed by atoms with Gasteiger partial charge >= 0.3 is 0 Å². The van der Waals surface area contributed by atoms with Gasteiger partial charge in [0.25, 0.3) is 0 Å². The summed E-state index contributed by atoms with van der Waals surface area (Å²) < 4.78 is 2.13. The molecule has 0 unspecified atom stereocenters. The van der Waals surface area contributed by atoms with Crippen LogP contribution in [0.15, 0.2) is 36.7 Å². The van der Waals surface area contributed by atoms with Crippen LogP contribution in [0, 0.1) is 0 Å². The number of benzene rings is 1. The Kier molecular flexibility index (Phi) is 3.29. The largest absolute Gasteiger partial charge is 0.341 e. The van der Waals surface area contributed by atoms with Gasteiger partial charge in [0.15, 0.2) is 0 Å². The molecule has 2 heterocycles. The van der Waals surface area contributed by atoms with Gasteiger partial charge in [0.1, 0.15) is 11.6 Å². The van der Waals surface area contributed by atoms with E-state index in [1.54, 1.807) is 0 Å². The normalized spacial score (nSPS) is 11.2. The maximum atomic E-state index is 4.53. The average molecular weight is 255 g/mol. The Bertz CT molecular complexity index is 634. The average Bonchev–Trinajstić information content (AvgIpc) is 3.04. The van der Waals surface area contributed by atoms with Crippen molar-refractivity contribution in [1.29, 1.82) is 0 Å². The molecular formula is C14H17N5. The first kappa shape index (κ1) is 11.9. The second-order valence-corrected chi connectivity index (χ2v) is 4.43. The highest BCUT2D eigenvalue weighted by molar-refractivity contribution is 5.74. The van der Waals surface area contributed by atoms with Crippen LogP contribution in [-0.2, 0) is 19.6 Å². The molecule has 0 aliphatic carbocycles. The van der Waals surface area contributed by atoms with E-state index < -0.39 is 0 Å². The first-order chi connectivity index (χ1) is 9.36. The molecule has 0 saturated heterocycles. The Morgan fingerprint density at radius 1 is 1.26 bits per heavy atom.